The number of nitrogens with two attached hydrogens (primary N) is 1. The molecule has 2 N–H and O–H groups in total. The number of benzene rings is 1. The number of aromatic nitrogens is 2. The van der Waals surface area contributed by atoms with Gasteiger partial charge in [0.2, 0.25) is 0 Å². The van der Waals surface area contributed by atoms with Crippen molar-refractivity contribution in [3.05, 3.63) is 35.7 Å². The smallest absolute Gasteiger partial charge is 0.132 e. The lowest BCUT2D eigenvalue weighted by Crippen LogP contribution is -2.26. The van der Waals surface area contributed by atoms with Gasteiger partial charge in [-0.25, -0.2) is 4.98 Å². The van der Waals surface area contributed by atoms with E-state index in [1.165, 1.54) is 5.56 Å². The average Bonchev–Trinajstić information content (AvgIpc) is 2.68. The Balaban J connectivity index is 2.64. The van der Waals surface area contributed by atoms with Crippen molar-refractivity contribution in [3.8, 4) is 11.3 Å². The maximum absolute atomic E-state index is 6.40. The van der Waals surface area contributed by atoms with E-state index in [1.807, 2.05) is 0 Å². The van der Waals surface area contributed by atoms with Gasteiger partial charge in [0, 0.05) is 17.0 Å². The second-order valence-electron chi connectivity index (χ2n) is 6.73. The van der Waals surface area contributed by atoms with E-state index in [9.17, 15) is 0 Å². The van der Waals surface area contributed by atoms with Crippen molar-refractivity contribution in [1.82, 2.24) is 9.55 Å². The summed E-state index contributed by atoms with van der Waals surface area (Å²) >= 11 is 0. The molecule has 20 heavy (non-hydrogen) atoms. The van der Waals surface area contributed by atoms with Crippen LogP contribution in [-0.2, 0) is 5.54 Å². The number of hydrogen-bond acceptors (Lipinski definition) is 2. The maximum Gasteiger partial charge on any atom is 0.132 e. The van der Waals surface area contributed by atoms with Crippen LogP contribution in [0, 0.1) is 6.92 Å². The molecule has 0 atom stereocenters. The van der Waals surface area contributed by atoms with Gasteiger partial charge in [0.1, 0.15) is 17.3 Å². The van der Waals surface area contributed by atoms with Gasteiger partial charge in [-0.2, -0.15) is 0 Å². The Kier molecular flexibility index (Phi) is 3.63. The van der Waals surface area contributed by atoms with Gasteiger partial charge in [-0.1, -0.05) is 43.7 Å². The SMILES string of the molecule is Cc1ccc(-c2nc(C(C)C)n(C(C)(C)C)c2N)cc1. The largest absolute Gasteiger partial charge is 0.383 e. The van der Waals surface area contributed by atoms with Crippen molar-refractivity contribution >= 4 is 5.82 Å². The number of hydrogen-bond donors (Lipinski definition) is 1. The zero-order valence-electron chi connectivity index (χ0n) is 13.4. The Morgan fingerprint density at radius 3 is 2.05 bits per heavy atom. The van der Waals surface area contributed by atoms with Crippen LogP contribution in [-0.4, -0.2) is 9.55 Å². The standard InChI is InChI=1S/C17H25N3/c1-11(2)16-19-14(13-9-7-12(3)8-10-13)15(18)20(16)17(4,5)6/h7-11H,18H2,1-6H3. The summed E-state index contributed by atoms with van der Waals surface area (Å²) in [7, 11) is 0. The van der Waals surface area contributed by atoms with E-state index in [0.29, 0.717) is 5.92 Å². The van der Waals surface area contributed by atoms with Crippen molar-refractivity contribution in [3.63, 3.8) is 0 Å². The van der Waals surface area contributed by atoms with Gasteiger partial charge < -0.3 is 10.3 Å². The molecule has 0 spiro atoms. The lowest BCUT2D eigenvalue weighted by molar-refractivity contribution is 0.382. The molecule has 0 fully saturated rings. The highest BCUT2D eigenvalue weighted by atomic mass is 15.2. The van der Waals surface area contributed by atoms with Crippen LogP contribution >= 0.6 is 0 Å². The molecule has 0 aliphatic heterocycles. The molecule has 0 amide bonds. The van der Waals surface area contributed by atoms with Gasteiger partial charge >= 0.3 is 0 Å². The third kappa shape index (κ3) is 2.58. The van der Waals surface area contributed by atoms with Crippen LogP contribution in [0.3, 0.4) is 0 Å². The first-order chi connectivity index (χ1) is 9.21. The Bertz CT molecular complexity index is 598. The Morgan fingerprint density at radius 2 is 1.65 bits per heavy atom. The van der Waals surface area contributed by atoms with Gasteiger partial charge in [0.25, 0.3) is 0 Å². The molecular formula is C17H25N3. The fraction of sp³-hybridized carbons (Fsp3) is 0.471. The van der Waals surface area contributed by atoms with E-state index in [0.717, 1.165) is 22.9 Å². The molecule has 1 aromatic heterocycles. The quantitative estimate of drug-likeness (QED) is 0.884. The van der Waals surface area contributed by atoms with E-state index >= 15 is 0 Å². The van der Waals surface area contributed by atoms with Gasteiger partial charge in [-0.3, -0.25) is 0 Å². The van der Waals surface area contributed by atoms with Crippen LogP contribution in [0.5, 0.6) is 0 Å². The maximum atomic E-state index is 6.40. The number of aryl methyl sites for hydroxylation is 1. The van der Waals surface area contributed by atoms with E-state index < -0.39 is 0 Å². The molecule has 1 heterocycles. The monoisotopic (exact) mass is 271 g/mol. The molecule has 0 saturated heterocycles. The van der Waals surface area contributed by atoms with Gasteiger partial charge in [-0.05, 0) is 27.7 Å². The van der Waals surface area contributed by atoms with E-state index in [4.69, 9.17) is 10.7 Å². The zero-order chi connectivity index (χ0) is 15.1. The Hall–Kier alpha value is -1.77. The van der Waals surface area contributed by atoms with Crippen molar-refractivity contribution in [2.24, 2.45) is 0 Å². The number of rotatable bonds is 2. The van der Waals surface area contributed by atoms with Crippen LogP contribution in [0.25, 0.3) is 11.3 Å². The second-order valence-corrected chi connectivity index (χ2v) is 6.73. The van der Waals surface area contributed by atoms with E-state index in [2.05, 4.69) is 70.4 Å². The molecule has 0 unspecified atom stereocenters. The van der Waals surface area contributed by atoms with Crippen molar-refractivity contribution < 1.29 is 0 Å². The first-order valence-corrected chi connectivity index (χ1v) is 7.17. The number of imidazole rings is 1. The summed E-state index contributed by atoms with van der Waals surface area (Å²) < 4.78 is 2.16. The summed E-state index contributed by atoms with van der Waals surface area (Å²) in [5, 5.41) is 0. The number of nitrogens with zero attached hydrogens (tertiary/aromatic N) is 2. The topological polar surface area (TPSA) is 43.8 Å². The molecule has 0 saturated carbocycles. The van der Waals surface area contributed by atoms with E-state index in [-0.39, 0.29) is 5.54 Å². The third-order valence-electron chi connectivity index (χ3n) is 3.45. The summed E-state index contributed by atoms with van der Waals surface area (Å²) in [6.45, 7) is 12.9. The third-order valence-corrected chi connectivity index (χ3v) is 3.45. The second kappa shape index (κ2) is 4.97. The summed E-state index contributed by atoms with van der Waals surface area (Å²) in [6.07, 6.45) is 0. The highest BCUT2D eigenvalue weighted by Gasteiger charge is 2.25. The summed E-state index contributed by atoms with van der Waals surface area (Å²) in [4.78, 5) is 4.81. The molecule has 2 rings (SSSR count). The fourth-order valence-corrected chi connectivity index (χ4v) is 2.47. The molecule has 0 aliphatic carbocycles. The van der Waals surface area contributed by atoms with Crippen molar-refractivity contribution in [1.29, 1.82) is 0 Å². The first kappa shape index (κ1) is 14.6. The van der Waals surface area contributed by atoms with Crippen LogP contribution in [0.4, 0.5) is 5.82 Å². The van der Waals surface area contributed by atoms with Crippen molar-refractivity contribution in [2.45, 2.75) is 53.0 Å². The first-order valence-electron chi connectivity index (χ1n) is 7.17. The summed E-state index contributed by atoms with van der Waals surface area (Å²) in [6, 6.07) is 8.37. The minimum Gasteiger partial charge on any atom is -0.383 e. The van der Waals surface area contributed by atoms with Crippen LogP contribution in [0.2, 0.25) is 0 Å². The zero-order valence-corrected chi connectivity index (χ0v) is 13.4. The fourth-order valence-electron chi connectivity index (χ4n) is 2.47. The molecule has 0 bridgehead atoms. The van der Waals surface area contributed by atoms with Crippen LogP contribution in [0.15, 0.2) is 24.3 Å². The minimum atomic E-state index is -0.0698. The van der Waals surface area contributed by atoms with Crippen molar-refractivity contribution in [2.75, 3.05) is 5.73 Å². The van der Waals surface area contributed by atoms with Gasteiger partial charge in [0.15, 0.2) is 0 Å². The Morgan fingerprint density at radius 1 is 1.10 bits per heavy atom. The molecule has 108 valence electrons. The molecule has 2 aromatic rings. The van der Waals surface area contributed by atoms with Gasteiger partial charge in [-0.15, -0.1) is 0 Å². The molecule has 3 nitrogen and oxygen atoms in total. The van der Waals surface area contributed by atoms with Crippen LogP contribution < -0.4 is 5.73 Å². The lowest BCUT2D eigenvalue weighted by Gasteiger charge is -2.26. The van der Waals surface area contributed by atoms with E-state index in [1.54, 1.807) is 0 Å². The minimum absolute atomic E-state index is 0.0698. The number of anilines is 1. The highest BCUT2D eigenvalue weighted by molar-refractivity contribution is 5.71. The predicted molar refractivity (Wildman–Crippen MR) is 85.9 cm³/mol. The lowest BCUT2D eigenvalue weighted by atomic mass is 10.1. The van der Waals surface area contributed by atoms with Gasteiger partial charge in [0.05, 0.1) is 0 Å². The highest BCUT2D eigenvalue weighted by Crippen LogP contribution is 2.34. The average molecular weight is 271 g/mol. The molecular weight excluding hydrogens is 246 g/mol. The Labute approximate surface area is 121 Å². The molecule has 0 radical (unpaired) electrons. The summed E-state index contributed by atoms with van der Waals surface area (Å²) in [5.41, 5.74) is 9.54. The number of nitrogen functional groups attached to an aromatic ring is 1. The summed E-state index contributed by atoms with van der Waals surface area (Å²) in [5.74, 6) is 2.14. The molecule has 3 heteroatoms. The van der Waals surface area contributed by atoms with Crippen LogP contribution in [0.1, 0.15) is 51.9 Å². The normalized spacial score (nSPS) is 12.2. The molecule has 0 aliphatic rings. The molecule has 1 aromatic carbocycles. The predicted octanol–water partition coefficient (Wildman–Crippen LogP) is 4.32.